The zero-order valence-electron chi connectivity index (χ0n) is 17.1. The molecule has 0 spiro atoms. The molecule has 1 aliphatic rings. The maximum Gasteiger partial charge on any atom is 0.324 e. The Morgan fingerprint density at radius 3 is 2.41 bits per heavy atom. The molecule has 2 heterocycles. The summed E-state index contributed by atoms with van der Waals surface area (Å²) >= 11 is 0. The number of amides is 3. The van der Waals surface area contributed by atoms with Gasteiger partial charge in [-0.15, -0.1) is 0 Å². The molecule has 3 aromatic rings. The van der Waals surface area contributed by atoms with Crippen LogP contribution in [-0.4, -0.2) is 48.1 Å². The highest BCUT2D eigenvalue weighted by atomic mass is 19.1. The lowest BCUT2D eigenvalue weighted by Crippen LogP contribution is -2.43. The summed E-state index contributed by atoms with van der Waals surface area (Å²) in [5, 5.41) is 11.0. The molecule has 1 saturated heterocycles. The van der Waals surface area contributed by atoms with E-state index in [0.717, 1.165) is 31.9 Å². The van der Waals surface area contributed by atoms with E-state index < -0.39 is 17.8 Å². The Kier molecular flexibility index (Phi) is 6.52. The van der Waals surface area contributed by atoms with Crippen molar-refractivity contribution in [1.82, 2.24) is 15.3 Å². The molecule has 164 valence electrons. The molecule has 10 heteroatoms. The first-order chi connectivity index (χ1) is 15.6. The van der Waals surface area contributed by atoms with Gasteiger partial charge in [0.2, 0.25) is 0 Å². The number of carbonyl (C=O) groups is 2. The molecule has 0 bridgehead atoms. The highest BCUT2D eigenvalue weighted by molar-refractivity contribution is 6.05. The van der Waals surface area contributed by atoms with Gasteiger partial charge in [0.25, 0.3) is 5.91 Å². The Bertz CT molecular complexity index is 1120. The van der Waals surface area contributed by atoms with Crippen LogP contribution in [0.4, 0.5) is 32.1 Å². The number of para-hydroxylation sites is 3. The van der Waals surface area contributed by atoms with Crippen molar-refractivity contribution in [3.8, 4) is 0 Å². The highest BCUT2D eigenvalue weighted by Crippen LogP contribution is 2.26. The standard InChI is InChI=1S/C22H22FN7O2/c23-15-5-1-2-6-16(15)28-22(32)29-20-14-25-13-18(26-20)21(31)27-17-7-3-4-8-19(17)30-11-9-24-10-12-30/h1-8,13-14,24H,9-12H2,(H,27,31)(H2,26,28,29,32). The van der Waals surface area contributed by atoms with Gasteiger partial charge in [0.1, 0.15) is 11.5 Å². The normalized spacial score (nSPS) is 13.3. The number of benzene rings is 2. The zero-order valence-corrected chi connectivity index (χ0v) is 17.1. The van der Waals surface area contributed by atoms with Crippen LogP contribution in [0.1, 0.15) is 10.5 Å². The minimum atomic E-state index is -0.703. The first-order valence-corrected chi connectivity index (χ1v) is 10.1. The third-order valence-corrected chi connectivity index (χ3v) is 4.84. The van der Waals surface area contributed by atoms with E-state index in [1.807, 2.05) is 24.3 Å². The van der Waals surface area contributed by atoms with Crippen LogP contribution in [0.25, 0.3) is 0 Å². The average molecular weight is 435 g/mol. The van der Waals surface area contributed by atoms with Crippen molar-refractivity contribution in [3.05, 3.63) is 72.4 Å². The Hall–Kier alpha value is -4.05. The molecular formula is C22H22FN7O2. The molecule has 1 fully saturated rings. The molecule has 0 atom stereocenters. The minimum Gasteiger partial charge on any atom is -0.367 e. The predicted molar refractivity (Wildman–Crippen MR) is 121 cm³/mol. The number of piperazine rings is 1. The number of rotatable bonds is 5. The fraction of sp³-hybridized carbons (Fsp3) is 0.182. The van der Waals surface area contributed by atoms with Crippen molar-refractivity contribution in [2.75, 3.05) is 47.0 Å². The van der Waals surface area contributed by atoms with Crippen molar-refractivity contribution in [1.29, 1.82) is 0 Å². The molecule has 0 saturated carbocycles. The lowest BCUT2D eigenvalue weighted by molar-refractivity contribution is 0.102. The fourth-order valence-corrected chi connectivity index (χ4v) is 3.32. The number of halogens is 1. The number of hydrogen-bond acceptors (Lipinski definition) is 6. The third kappa shape index (κ3) is 5.16. The van der Waals surface area contributed by atoms with E-state index in [-0.39, 0.29) is 17.2 Å². The molecule has 32 heavy (non-hydrogen) atoms. The van der Waals surface area contributed by atoms with Gasteiger partial charge in [0, 0.05) is 26.2 Å². The number of carbonyl (C=O) groups excluding carboxylic acids is 2. The second-order valence-electron chi connectivity index (χ2n) is 7.06. The Morgan fingerprint density at radius 1 is 0.906 bits per heavy atom. The van der Waals surface area contributed by atoms with Gasteiger partial charge < -0.3 is 20.9 Å². The Labute approximate surface area is 184 Å². The predicted octanol–water partition coefficient (Wildman–Crippen LogP) is 2.92. The van der Waals surface area contributed by atoms with Crippen molar-refractivity contribution in [2.24, 2.45) is 0 Å². The van der Waals surface area contributed by atoms with Crippen LogP contribution in [0.2, 0.25) is 0 Å². The van der Waals surface area contributed by atoms with Gasteiger partial charge in [-0.05, 0) is 24.3 Å². The Morgan fingerprint density at radius 2 is 1.62 bits per heavy atom. The van der Waals surface area contributed by atoms with E-state index in [0.29, 0.717) is 5.69 Å². The van der Waals surface area contributed by atoms with E-state index in [2.05, 4.69) is 36.1 Å². The van der Waals surface area contributed by atoms with Crippen LogP contribution in [-0.2, 0) is 0 Å². The van der Waals surface area contributed by atoms with E-state index in [1.165, 1.54) is 30.6 Å². The molecule has 0 unspecified atom stereocenters. The van der Waals surface area contributed by atoms with E-state index in [4.69, 9.17) is 0 Å². The molecule has 1 aliphatic heterocycles. The van der Waals surface area contributed by atoms with Gasteiger partial charge in [0.15, 0.2) is 5.82 Å². The average Bonchev–Trinajstić information content (AvgIpc) is 2.81. The SMILES string of the molecule is O=C(Nc1cncc(C(=O)Nc2ccccc2N2CCNCC2)n1)Nc1ccccc1F. The fourth-order valence-electron chi connectivity index (χ4n) is 3.32. The topological polar surface area (TPSA) is 111 Å². The first-order valence-electron chi connectivity index (χ1n) is 10.1. The first kappa shape index (κ1) is 21.2. The van der Waals surface area contributed by atoms with Gasteiger partial charge in [-0.3, -0.25) is 15.1 Å². The van der Waals surface area contributed by atoms with E-state index in [9.17, 15) is 14.0 Å². The summed E-state index contributed by atoms with van der Waals surface area (Å²) in [7, 11) is 0. The van der Waals surface area contributed by atoms with Crippen molar-refractivity contribution in [2.45, 2.75) is 0 Å². The van der Waals surface area contributed by atoms with Crippen molar-refractivity contribution >= 4 is 34.8 Å². The summed E-state index contributed by atoms with van der Waals surface area (Å²) in [5.74, 6) is -0.967. The number of nitrogens with zero attached hydrogens (tertiary/aromatic N) is 3. The minimum absolute atomic E-state index is 0.0244. The number of urea groups is 1. The molecule has 0 aliphatic carbocycles. The van der Waals surface area contributed by atoms with E-state index >= 15 is 0 Å². The molecule has 4 N–H and O–H groups in total. The number of nitrogens with one attached hydrogen (secondary N) is 4. The monoisotopic (exact) mass is 435 g/mol. The molecule has 0 radical (unpaired) electrons. The summed E-state index contributed by atoms with van der Waals surface area (Å²) in [6, 6.07) is 12.6. The van der Waals surface area contributed by atoms with Crippen LogP contribution in [0.5, 0.6) is 0 Å². The van der Waals surface area contributed by atoms with Crippen LogP contribution >= 0.6 is 0 Å². The lowest BCUT2D eigenvalue weighted by atomic mass is 10.2. The number of aromatic nitrogens is 2. The summed E-state index contributed by atoms with van der Waals surface area (Å²) in [5.41, 5.74) is 1.64. The highest BCUT2D eigenvalue weighted by Gasteiger charge is 2.17. The summed E-state index contributed by atoms with van der Waals surface area (Å²) in [4.78, 5) is 35.3. The smallest absolute Gasteiger partial charge is 0.324 e. The van der Waals surface area contributed by atoms with Crippen LogP contribution < -0.4 is 26.2 Å². The van der Waals surface area contributed by atoms with Gasteiger partial charge in [-0.2, -0.15) is 0 Å². The van der Waals surface area contributed by atoms with Crippen LogP contribution in [0, 0.1) is 5.82 Å². The molecule has 3 amide bonds. The lowest BCUT2D eigenvalue weighted by Gasteiger charge is -2.31. The largest absolute Gasteiger partial charge is 0.367 e. The van der Waals surface area contributed by atoms with Gasteiger partial charge in [-0.25, -0.2) is 14.2 Å². The van der Waals surface area contributed by atoms with Gasteiger partial charge >= 0.3 is 6.03 Å². The molecular weight excluding hydrogens is 413 g/mol. The summed E-state index contributed by atoms with van der Waals surface area (Å²) in [6.07, 6.45) is 2.61. The zero-order chi connectivity index (χ0) is 22.3. The van der Waals surface area contributed by atoms with Crippen molar-refractivity contribution in [3.63, 3.8) is 0 Å². The molecule has 2 aromatic carbocycles. The third-order valence-electron chi connectivity index (χ3n) is 4.84. The van der Waals surface area contributed by atoms with Crippen LogP contribution in [0.15, 0.2) is 60.9 Å². The van der Waals surface area contributed by atoms with Crippen LogP contribution in [0.3, 0.4) is 0 Å². The second kappa shape index (κ2) is 9.84. The second-order valence-corrected chi connectivity index (χ2v) is 7.06. The summed E-state index contributed by atoms with van der Waals surface area (Å²) < 4.78 is 13.7. The maximum absolute atomic E-state index is 13.7. The van der Waals surface area contributed by atoms with E-state index in [1.54, 1.807) is 6.07 Å². The van der Waals surface area contributed by atoms with Gasteiger partial charge in [0.05, 0.1) is 29.5 Å². The molecule has 1 aromatic heterocycles. The van der Waals surface area contributed by atoms with Crippen molar-refractivity contribution < 1.29 is 14.0 Å². The van der Waals surface area contributed by atoms with Gasteiger partial charge in [-0.1, -0.05) is 24.3 Å². The number of hydrogen-bond donors (Lipinski definition) is 4. The summed E-state index contributed by atoms with van der Waals surface area (Å²) in [6.45, 7) is 3.42. The molecule has 9 nitrogen and oxygen atoms in total. The Balaban J connectivity index is 1.44. The maximum atomic E-state index is 13.7. The number of anilines is 4. The molecule has 4 rings (SSSR count). The quantitative estimate of drug-likeness (QED) is 0.490.